The summed E-state index contributed by atoms with van der Waals surface area (Å²) in [4.78, 5) is 0. The highest BCUT2D eigenvalue weighted by Gasteiger charge is 2.62. The van der Waals surface area contributed by atoms with Crippen LogP contribution in [0.5, 0.6) is 0 Å². The van der Waals surface area contributed by atoms with Gasteiger partial charge in [-0.05, 0) is 12.8 Å². The van der Waals surface area contributed by atoms with Gasteiger partial charge < -0.3 is 0 Å². The molecule has 2 atom stereocenters. The highest BCUT2D eigenvalue weighted by Crippen LogP contribution is 2.44. The fraction of sp³-hybridized carbons (Fsp3) is 1.00. The van der Waals surface area contributed by atoms with Gasteiger partial charge in [-0.3, -0.25) is 0 Å². The average molecular weight is 171 g/mol. The van der Waals surface area contributed by atoms with E-state index in [-0.39, 0.29) is 6.42 Å². The largest absolute Gasteiger partial charge is 0.338 e. The zero-order valence-electron chi connectivity index (χ0n) is 5.62. The minimum Gasteiger partial charge on any atom is -0.241 e. The molecule has 0 N–H and O–H groups in total. The van der Waals surface area contributed by atoms with E-state index in [1.54, 1.807) is 0 Å². The maximum absolute atomic E-state index is 12.4. The van der Waals surface area contributed by atoms with E-state index in [0.717, 1.165) is 0 Å². The Morgan fingerprint density at radius 1 is 1.27 bits per heavy atom. The van der Waals surface area contributed by atoms with Crippen molar-refractivity contribution in [3.63, 3.8) is 0 Å². The first-order valence-corrected chi connectivity index (χ1v) is 3.29. The van der Waals surface area contributed by atoms with Gasteiger partial charge in [-0.15, -0.1) is 0 Å². The maximum atomic E-state index is 12.4. The normalized spacial score (nSPS) is 43.9. The lowest BCUT2D eigenvalue weighted by molar-refractivity contribution is -0.318. The molecule has 1 fully saturated rings. The molecule has 0 aromatic heterocycles. The van der Waals surface area contributed by atoms with Gasteiger partial charge in [0.2, 0.25) is 0 Å². The van der Waals surface area contributed by atoms with E-state index in [9.17, 15) is 22.7 Å². The molecule has 65 valence electrons. The van der Waals surface area contributed by atoms with E-state index in [2.05, 4.69) is 0 Å². The Bertz CT molecular complexity index is 157. The van der Waals surface area contributed by atoms with E-state index in [1.807, 2.05) is 0 Å². The molecule has 1 saturated carbocycles. The third-order valence-electron chi connectivity index (χ3n) is 1.85. The first-order chi connectivity index (χ1) is 4.88. The average Bonchev–Trinajstić information content (AvgIpc) is 1.84. The van der Waals surface area contributed by atoms with Crippen molar-refractivity contribution in [2.24, 2.45) is 0 Å². The summed E-state index contributed by atoms with van der Waals surface area (Å²) in [5, 5.41) is 10.3. The topological polar surface area (TPSA) is 19.9 Å². The smallest absolute Gasteiger partial charge is 0.241 e. The Kier molecular flexibility index (Phi) is 1.86. The molecule has 0 aliphatic heterocycles. The van der Waals surface area contributed by atoms with Crippen LogP contribution in [0.15, 0.2) is 0 Å². The SMILES string of the molecule is [O]C1(F)CCCC(F)C1(F)F. The van der Waals surface area contributed by atoms with Gasteiger partial charge in [0.15, 0.2) is 6.17 Å². The van der Waals surface area contributed by atoms with E-state index >= 15 is 0 Å². The first kappa shape index (κ1) is 8.77. The van der Waals surface area contributed by atoms with Crippen molar-refractivity contribution in [1.82, 2.24) is 0 Å². The molecule has 1 radical (unpaired) electrons. The summed E-state index contributed by atoms with van der Waals surface area (Å²) in [6.45, 7) is 0. The molecule has 0 amide bonds. The Balaban J connectivity index is 2.82. The fourth-order valence-electron chi connectivity index (χ4n) is 1.09. The van der Waals surface area contributed by atoms with Crippen molar-refractivity contribution in [2.45, 2.75) is 37.2 Å². The quantitative estimate of drug-likeness (QED) is 0.498. The standard InChI is InChI=1S/C6H7F4O/c7-4-2-1-3-5(8,11)6(4,9)10/h4H,1-3H2. The zero-order chi connectivity index (χ0) is 8.70. The molecule has 5 heteroatoms. The summed E-state index contributed by atoms with van der Waals surface area (Å²) >= 11 is 0. The third-order valence-corrected chi connectivity index (χ3v) is 1.85. The molecule has 1 aliphatic carbocycles. The van der Waals surface area contributed by atoms with Gasteiger partial charge in [0.25, 0.3) is 0 Å². The van der Waals surface area contributed by atoms with Gasteiger partial charge in [0.05, 0.1) is 0 Å². The van der Waals surface area contributed by atoms with Gasteiger partial charge in [0, 0.05) is 6.42 Å². The Morgan fingerprint density at radius 2 is 1.82 bits per heavy atom. The summed E-state index contributed by atoms with van der Waals surface area (Å²) < 4.78 is 49.2. The molecule has 0 saturated heterocycles. The predicted molar refractivity (Wildman–Crippen MR) is 28.2 cm³/mol. The molecule has 0 aromatic rings. The summed E-state index contributed by atoms with van der Waals surface area (Å²) in [6.07, 6.45) is -3.98. The molecule has 0 aromatic carbocycles. The number of halogens is 4. The Morgan fingerprint density at radius 3 is 2.18 bits per heavy atom. The lowest BCUT2D eigenvalue weighted by Gasteiger charge is -2.33. The van der Waals surface area contributed by atoms with Crippen LogP contribution in [0, 0.1) is 0 Å². The van der Waals surface area contributed by atoms with Crippen LogP contribution in [0.2, 0.25) is 0 Å². The molecule has 2 unspecified atom stereocenters. The summed E-state index contributed by atoms with van der Waals surface area (Å²) in [7, 11) is 0. The Labute approximate surface area is 61.0 Å². The van der Waals surface area contributed by atoms with E-state index < -0.39 is 30.8 Å². The summed E-state index contributed by atoms with van der Waals surface area (Å²) in [6, 6.07) is 0. The van der Waals surface area contributed by atoms with E-state index in [1.165, 1.54) is 0 Å². The molecule has 1 aliphatic rings. The van der Waals surface area contributed by atoms with Crippen molar-refractivity contribution in [3.8, 4) is 0 Å². The molecule has 11 heavy (non-hydrogen) atoms. The van der Waals surface area contributed by atoms with Crippen molar-refractivity contribution >= 4 is 0 Å². The van der Waals surface area contributed by atoms with Crippen LogP contribution >= 0.6 is 0 Å². The van der Waals surface area contributed by atoms with Crippen molar-refractivity contribution in [2.75, 3.05) is 0 Å². The number of hydrogen-bond donors (Lipinski definition) is 0. The lowest BCUT2D eigenvalue weighted by Crippen LogP contribution is -2.52. The summed E-state index contributed by atoms with van der Waals surface area (Å²) in [5.74, 6) is -8.27. The third kappa shape index (κ3) is 1.21. The van der Waals surface area contributed by atoms with Crippen molar-refractivity contribution in [1.29, 1.82) is 0 Å². The van der Waals surface area contributed by atoms with Gasteiger partial charge in [0.1, 0.15) is 0 Å². The van der Waals surface area contributed by atoms with Crippen molar-refractivity contribution < 1.29 is 22.7 Å². The number of hydrogen-bond acceptors (Lipinski definition) is 0. The van der Waals surface area contributed by atoms with Crippen LogP contribution in [0.4, 0.5) is 17.6 Å². The lowest BCUT2D eigenvalue weighted by atomic mass is 9.90. The van der Waals surface area contributed by atoms with Crippen LogP contribution in [-0.4, -0.2) is 17.9 Å². The van der Waals surface area contributed by atoms with Gasteiger partial charge in [-0.2, -0.15) is 13.9 Å². The van der Waals surface area contributed by atoms with Crippen LogP contribution in [0.3, 0.4) is 0 Å². The fourth-order valence-corrected chi connectivity index (χ4v) is 1.09. The maximum Gasteiger partial charge on any atom is 0.338 e. The second kappa shape index (κ2) is 2.33. The summed E-state index contributed by atoms with van der Waals surface area (Å²) in [5.41, 5.74) is 0. The van der Waals surface area contributed by atoms with Crippen LogP contribution in [-0.2, 0) is 5.11 Å². The van der Waals surface area contributed by atoms with Gasteiger partial charge >= 0.3 is 11.8 Å². The highest BCUT2D eigenvalue weighted by molar-refractivity contribution is 4.94. The second-order valence-electron chi connectivity index (χ2n) is 2.71. The molecule has 0 heterocycles. The monoisotopic (exact) mass is 171 g/mol. The molecular weight excluding hydrogens is 164 g/mol. The molecular formula is C6H7F4O. The van der Waals surface area contributed by atoms with Crippen LogP contribution < -0.4 is 0 Å². The Hall–Kier alpha value is -0.320. The zero-order valence-corrected chi connectivity index (χ0v) is 5.62. The minimum atomic E-state index is -4.36. The predicted octanol–water partition coefficient (Wildman–Crippen LogP) is 2.24. The minimum absolute atomic E-state index is 0.114. The van der Waals surface area contributed by atoms with Crippen LogP contribution in [0.1, 0.15) is 19.3 Å². The number of alkyl halides is 4. The van der Waals surface area contributed by atoms with Crippen LogP contribution in [0.25, 0.3) is 0 Å². The highest BCUT2D eigenvalue weighted by atomic mass is 19.3. The molecule has 1 nitrogen and oxygen atoms in total. The van der Waals surface area contributed by atoms with E-state index in [0.29, 0.717) is 0 Å². The first-order valence-electron chi connectivity index (χ1n) is 3.29. The second-order valence-corrected chi connectivity index (χ2v) is 2.71. The van der Waals surface area contributed by atoms with Gasteiger partial charge in [-0.25, -0.2) is 8.78 Å². The molecule has 0 spiro atoms. The molecule has 1 rings (SSSR count). The van der Waals surface area contributed by atoms with E-state index in [4.69, 9.17) is 0 Å². The van der Waals surface area contributed by atoms with Gasteiger partial charge in [-0.1, -0.05) is 0 Å². The number of rotatable bonds is 0. The molecule has 0 bridgehead atoms. The van der Waals surface area contributed by atoms with Crippen molar-refractivity contribution in [3.05, 3.63) is 0 Å².